The Morgan fingerprint density at radius 1 is 1.40 bits per heavy atom. The first-order valence-corrected chi connectivity index (χ1v) is 7.67. The summed E-state index contributed by atoms with van der Waals surface area (Å²) in [5, 5.41) is 11.7. The van der Waals surface area contributed by atoms with Gasteiger partial charge in [0.15, 0.2) is 0 Å². The molecule has 106 valence electrons. The average Bonchev–Trinajstić information content (AvgIpc) is 2.84. The molecule has 20 heavy (non-hydrogen) atoms. The van der Waals surface area contributed by atoms with E-state index in [0.29, 0.717) is 17.5 Å². The van der Waals surface area contributed by atoms with Crippen molar-refractivity contribution in [1.29, 1.82) is 0 Å². The summed E-state index contributed by atoms with van der Waals surface area (Å²) in [6.07, 6.45) is 0. The summed E-state index contributed by atoms with van der Waals surface area (Å²) >= 11 is 4.72. The number of aryl methyl sites for hydroxylation is 1. The van der Waals surface area contributed by atoms with Crippen LogP contribution in [0.5, 0.6) is 0 Å². The van der Waals surface area contributed by atoms with Crippen LogP contribution >= 0.6 is 27.7 Å². The van der Waals surface area contributed by atoms with E-state index >= 15 is 0 Å². The fraction of sp³-hybridized carbons (Fsp3) is 0.333. The number of tetrazole rings is 1. The molecular weight excluding hydrogens is 342 g/mol. The molecule has 8 heteroatoms. The van der Waals surface area contributed by atoms with Crippen LogP contribution in [-0.4, -0.2) is 43.8 Å². The van der Waals surface area contributed by atoms with Gasteiger partial charge >= 0.3 is 0 Å². The molecule has 0 N–H and O–H groups in total. The van der Waals surface area contributed by atoms with Gasteiger partial charge in [-0.2, -0.15) is 0 Å². The summed E-state index contributed by atoms with van der Waals surface area (Å²) in [5.41, 5.74) is 1.09. The van der Waals surface area contributed by atoms with Crippen molar-refractivity contribution < 1.29 is 4.79 Å². The van der Waals surface area contributed by atoms with Gasteiger partial charge in [-0.1, -0.05) is 39.8 Å². The standard InChI is InChI=1S/C12H14BrN5OS/c1-17(7-9-3-5-10(13)6-4-9)11(19)8-20-12-14-15-16-18(12)2/h3-6H,7-8H2,1-2H3. The number of carbonyl (C=O) groups excluding carboxylic acids is 1. The molecule has 0 unspecified atom stereocenters. The van der Waals surface area contributed by atoms with E-state index in [4.69, 9.17) is 0 Å². The molecule has 1 aromatic carbocycles. The number of hydrogen-bond acceptors (Lipinski definition) is 5. The molecule has 0 aliphatic carbocycles. The van der Waals surface area contributed by atoms with E-state index in [2.05, 4.69) is 31.5 Å². The van der Waals surface area contributed by atoms with Crippen LogP contribution in [-0.2, 0) is 18.4 Å². The molecule has 0 atom stereocenters. The second-order valence-electron chi connectivity index (χ2n) is 4.25. The molecule has 0 bridgehead atoms. The highest BCUT2D eigenvalue weighted by Gasteiger charge is 2.12. The monoisotopic (exact) mass is 355 g/mol. The lowest BCUT2D eigenvalue weighted by molar-refractivity contribution is -0.127. The first-order valence-electron chi connectivity index (χ1n) is 5.90. The zero-order valence-electron chi connectivity index (χ0n) is 11.2. The number of benzene rings is 1. The second-order valence-corrected chi connectivity index (χ2v) is 6.11. The number of halogens is 1. The van der Waals surface area contributed by atoms with Gasteiger partial charge in [-0.15, -0.1) is 5.10 Å². The largest absolute Gasteiger partial charge is 0.341 e. The van der Waals surface area contributed by atoms with Crippen LogP contribution < -0.4 is 0 Å². The Labute approximate surface area is 129 Å². The van der Waals surface area contributed by atoms with E-state index in [1.165, 1.54) is 11.8 Å². The van der Waals surface area contributed by atoms with Crippen molar-refractivity contribution in [3.8, 4) is 0 Å². The molecule has 0 saturated carbocycles. The van der Waals surface area contributed by atoms with Crippen LogP contribution in [0.15, 0.2) is 33.9 Å². The van der Waals surface area contributed by atoms with Gasteiger partial charge in [0.05, 0.1) is 5.75 Å². The topological polar surface area (TPSA) is 63.9 Å². The van der Waals surface area contributed by atoms with E-state index in [-0.39, 0.29) is 5.91 Å². The van der Waals surface area contributed by atoms with Gasteiger partial charge in [0.1, 0.15) is 0 Å². The molecule has 0 fully saturated rings. The SMILES string of the molecule is CN(Cc1ccc(Br)cc1)C(=O)CSc1nnnn1C. The Kier molecular flexibility index (Phi) is 5.13. The Balaban J connectivity index is 1.86. The minimum atomic E-state index is 0.0425. The van der Waals surface area contributed by atoms with Gasteiger partial charge in [0, 0.05) is 25.1 Å². The lowest BCUT2D eigenvalue weighted by Gasteiger charge is -2.16. The van der Waals surface area contributed by atoms with Crippen molar-refractivity contribution in [2.24, 2.45) is 7.05 Å². The highest BCUT2D eigenvalue weighted by atomic mass is 79.9. The molecule has 1 heterocycles. The maximum atomic E-state index is 12.0. The Hall–Kier alpha value is -1.41. The van der Waals surface area contributed by atoms with Crippen LogP contribution in [0.1, 0.15) is 5.56 Å². The first-order chi connectivity index (χ1) is 9.56. The predicted octanol–water partition coefficient (Wildman–Crippen LogP) is 1.72. The number of thioether (sulfide) groups is 1. The lowest BCUT2D eigenvalue weighted by atomic mass is 10.2. The van der Waals surface area contributed by atoms with Gasteiger partial charge < -0.3 is 4.90 Å². The third-order valence-corrected chi connectivity index (χ3v) is 4.19. The van der Waals surface area contributed by atoms with Crippen LogP contribution in [0.3, 0.4) is 0 Å². The highest BCUT2D eigenvalue weighted by Crippen LogP contribution is 2.15. The lowest BCUT2D eigenvalue weighted by Crippen LogP contribution is -2.27. The number of nitrogens with zero attached hydrogens (tertiary/aromatic N) is 5. The smallest absolute Gasteiger partial charge is 0.233 e. The number of amides is 1. The van der Waals surface area contributed by atoms with E-state index < -0.39 is 0 Å². The molecule has 0 aliphatic heterocycles. The van der Waals surface area contributed by atoms with Crippen LogP contribution in [0.25, 0.3) is 0 Å². The summed E-state index contributed by atoms with van der Waals surface area (Å²) in [7, 11) is 3.54. The highest BCUT2D eigenvalue weighted by molar-refractivity contribution is 9.10. The van der Waals surface area contributed by atoms with Crippen molar-refractivity contribution in [3.63, 3.8) is 0 Å². The molecule has 0 aliphatic rings. The van der Waals surface area contributed by atoms with Crippen molar-refractivity contribution in [2.45, 2.75) is 11.7 Å². The number of carbonyl (C=O) groups is 1. The van der Waals surface area contributed by atoms with E-state index in [9.17, 15) is 4.79 Å². The molecule has 0 spiro atoms. The predicted molar refractivity (Wildman–Crippen MR) is 80.1 cm³/mol. The third-order valence-electron chi connectivity index (χ3n) is 2.66. The zero-order chi connectivity index (χ0) is 14.5. The van der Waals surface area contributed by atoms with E-state index in [0.717, 1.165) is 10.0 Å². The molecule has 1 amide bonds. The molecule has 2 aromatic rings. The fourth-order valence-corrected chi connectivity index (χ4v) is 2.59. The van der Waals surface area contributed by atoms with Gasteiger partial charge in [-0.05, 0) is 28.1 Å². The molecule has 1 aromatic heterocycles. The van der Waals surface area contributed by atoms with Gasteiger partial charge in [0.2, 0.25) is 11.1 Å². The number of rotatable bonds is 5. The maximum absolute atomic E-state index is 12.0. The summed E-state index contributed by atoms with van der Waals surface area (Å²) in [5.74, 6) is 0.363. The molecule has 2 rings (SSSR count). The first kappa shape index (κ1) is 15.0. The average molecular weight is 356 g/mol. The third kappa shape index (κ3) is 4.04. The Morgan fingerprint density at radius 3 is 2.70 bits per heavy atom. The zero-order valence-corrected chi connectivity index (χ0v) is 13.6. The van der Waals surface area contributed by atoms with Crippen molar-refractivity contribution in [3.05, 3.63) is 34.3 Å². The van der Waals surface area contributed by atoms with E-state index in [1.807, 2.05) is 24.3 Å². The summed E-state index contributed by atoms with van der Waals surface area (Å²) in [4.78, 5) is 13.7. The minimum Gasteiger partial charge on any atom is -0.341 e. The minimum absolute atomic E-state index is 0.0425. The summed E-state index contributed by atoms with van der Waals surface area (Å²) < 4.78 is 2.58. The fourth-order valence-electron chi connectivity index (χ4n) is 1.53. The molecule has 6 nitrogen and oxygen atoms in total. The van der Waals surface area contributed by atoms with Crippen LogP contribution in [0.4, 0.5) is 0 Å². The second kappa shape index (κ2) is 6.85. The van der Waals surface area contributed by atoms with Gasteiger partial charge in [-0.3, -0.25) is 4.79 Å². The van der Waals surface area contributed by atoms with E-state index in [1.54, 1.807) is 23.7 Å². The Bertz CT molecular complexity index is 586. The maximum Gasteiger partial charge on any atom is 0.233 e. The summed E-state index contributed by atoms with van der Waals surface area (Å²) in [6.45, 7) is 0.587. The van der Waals surface area contributed by atoms with Gasteiger partial charge in [0.25, 0.3) is 0 Å². The van der Waals surface area contributed by atoms with Crippen molar-refractivity contribution in [2.75, 3.05) is 12.8 Å². The number of hydrogen-bond donors (Lipinski definition) is 0. The molecule has 0 radical (unpaired) electrons. The molecular formula is C12H14BrN5OS. The normalized spacial score (nSPS) is 10.6. The van der Waals surface area contributed by atoms with Crippen LogP contribution in [0, 0.1) is 0 Å². The van der Waals surface area contributed by atoms with Crippen molar-refractivity contribution >= 4 is 33.6 Å². The van der Waals surface area contributed by atoms with Crippen molar-refractivity contribution in [1.82, 2.24) is 25.1 Å². The summed E-state index contributed by atoms with van der Waals surface area (Å²) in [6, 6.07) is 7.92. The Morgan fingerprint density at radius 2 is 2.10 bits per heavy atom. The molecule has 0 saturated heterocycles. The quantitative estimate of drug-likeness (QED) is 0.764. The van der Waals surface area contributed by atoms with Gasteiger partial charge in [-0.25, -0.2) is 4.68 Å². The van der Waals surface area contributed by atoms with Crippen LogP contribution in [0.2, 0.25) is 0 Å². The number of aromatic nitrogens is 4.